The summed E-state index contributed by atoms with van der Waals surface area (Å²) in [4.78, 5) is 2.10. The largest absolute Gasteiger partial charge is 0.384 e. The first-order chi connectivity index (χ1) is 9.99. The Labute approximate surface area is 125 Å². The third-order valence-corrected chi connectivity index (χ3v) is 3.35. The molecule has 1 aromatic carbocycles. The average Bonchev–Trinajstić information content (AvgIpc) is 2.44. The van der Waals surface area contributed by atoms with Gasteiger partial charge in [-0.1, -0.05) is 12.1 Å². The second kappa shape index (κ2) is 8.71. The lowest BCUT2D eigenvalue weighted by Crippen LogP contribution is -2.38. The molecular weight excluding hydrogens is 273 g/mol. The summed E-state index contributed by atoms with van der Waals surface area (Å²) in [6.07, 6.45) is 0. The highest BCUT2D eigenvalue weighted by Gasteiger charge is 2.16. The number of methoxy groups -OCH3 is 2. The van der Waals surface area contributed by atoms with Crippen molar-refractivity contribution in [3.05, 3.63) is 35.1 Å². The molecule has 1 unspecified atom stereocenters. The van der Waals surface area contributed by atoms with Crippen LogP contribution in [0, 0.1) is 11.2 Å². The van der Waals surface area contributed by atoms with Gasteiger partial charge in [0.2, 0.25) is 0 Å². The van der Waals surface area contributed by atoms with E-state index in [1.54, 1.807) is 26.4 Å². The number of amidine groups is 1. The third-order valence-electron chi connectivity index (χ3n) is 3.35. The average molecular weight is 297 g/mol. The lowest BCUT2D eigenvalue weighted by Gasteiger charge is -2.28. The summed E-state index contributed by atoms with van der Waals surface area (Å²) in [7, 11) is 3.29. The van der Waals surface area contributed by atoms with E-state index in [0.717, 1.165) is 0 Å². The topological polar surface area (TPSA) is 71.6 Å². The summed E-state index contributed by atoms with van der Waals surface area (Å²) in [5.74, 6) is -0.487. The quantitative estimate of drug-likeness (QED) is 0.536. The van der Waals surface area contributed by atoms with Crippen LogP contribution in [0.2, 0.25) is 0 Å². The molecule has 0 bridgehead atoms. The fourth-order valence-electron chi connectivity index (χ4n) is 2.07. The Morgan fingerprint density at radius 1 is 1.38 bits per heavy atom. The van der Waals surface area contributed by atoms with E-state index in [-0.39, 0.29) is 17.7 Å². The van der Waals surface area contributed by atoms with Gasteiger partial charge in [0.15, 0.2) is 0 Å². The summed E-state index contributed by atoms with van der Waals surface area (Å²) in [6.45, 7) is 4.31. The van der Waals surface area contributed by atoms with Crippen molar-refractivity contribution < 1.29 is 13.9 Å². The Morgan fingerprint density at radius 2 is 2.10 bits per heavy atom. The van der Waals surface area contributed by atoms with Gasteiger partial charge in [-0.25, -0.2) is 4.39 Å². The number of hydrogen-bond acceptors (Lipinski definition) is 4. The third kappa shape index (κ3) is 5.41. The number of nitrogens with one attached hydrogen (secondary N) is 1. The lowest BCUT2D eigenvalue weighted by molar-refractivity contribution is 0.0698. The Bertz CT molecular complexity index is 468. The maximum atomic E-state index is 14.1. The van der Waals surface area contributed by atoms with Crippen LogP contribution in [0.3, 0.4) is 0 Å². The van der Waals surface area contributed by atoms with E-state index in [1.165, 1.54) is 6.07 Å². The minimum Gasteiger partial charge on any atom is -0.384 e. The van der Waals surface area contributed by atoms with Crippen molar-refractivity contribution in [3.8, 4) is 0 Å². The number of ether oxygens (including phenoxy) is 2. The normalized spacial score (nSPS) is 12.6. The van der Waals surface area contributed by atoms with E-state index in [0.29, 0.717) is 37.4 Å². The molecule has 1 atom stereocenters. The van der Waals surface area contributed by atoms with Crippen molar-refractivity contribution in [2.24, 2.45) is 5.73 Å². The van der Waals surface area contributed by atoms with Crippen molar-refractivity contribution in [1.29, 1.82) is 5.41 Å². The monoisotopic (exact) mass is 297 g/mol. The van der Waals surface area contributed by atoms with Crippen LogP contribution in [0.25, 0.3) is 0 Å². The molecule has 0 saturated heterocycles. The van der Waals surface area contributed by atoms with Gasteiger partial charge in [0.1, 0.15) is 11.7 Å². The number of rotatable bonds is 9. The molecule has 0 amide bonds. The number of nitrogen functional groups attached to an aromatic ring is 1. The predicted octanol–water partition coefficient (Wildman–Crippen LogP) is 1.59. The fraction of sp³-hybridized carbons (Fsp3) is 0.533. The van der Waals surface area contributed by atoms with Crippen LogP contribution in [0.15, 0.2) is 18.2 Å². The van der Waals surface area contributed by atoms with Gasteiger partial charge in [-0.05, 0) is 13.0 Å². The molecular formula is C15H24FN3O2. The van der Waals surface area contributed by atoms with E-state index >= 15 is 0 Å². The van der Waals surface area contributed by atoms with Gasteiger partial charge in [-0.3, -0.25) is 10.3 Å². The molecule has 6 heteroatoms. The van der Waals surface area contributed by atoms with Crippen LogP contribution in [0.5, 0.6) is 0 Å². The number of halogens is 1. The molecule has 0 radical (unpaired) electrons. The molecule has 118 valence electrons. The lowest BCUT2D eigenvalue weighted by atomic mass is 10.1. The molecule has 1 aromatic rings. The molecule has 0 aliphatic carbocycles. The highest BCUT2D eigenvalue weighted by Crippen LogP contribution is 2.14. The maximum Gasteiger partial charge on any atom is 0.128 e. The SMILES string of the molecule is COCCN(Cc1ccc(C(=N)N)cc1F)C(C)COC. The van der Waals surface area contributed by atoms with Gasteiger partial charge in [-0.2, -0.15) is 0 Å². The van der Waals surface area contributed by atoms with Crippen LogP contribution in [-0.4, -0.2) is 50.8 Å². The standard InChI is InChI=1S/C15H24FN3O2/c1-11(10-21-3)19(6-7-20-2)9-13-5-4-12(15(17)18)8-14(13)16/h4-5,8,11H,6-7,9-10H2,1-3H3,(H3,17,18). The highest BCUT2D eigenvalue weighted by atomic mass is 19.1. The first kappa shape index (κ1) is 17.6. The second-order valence-corrected chi connectivity index (χ2v) is 4.99. The zero-order chi connectivity index (χ0) is 15.8. The number of hydrogen-bond donors (Lipinski definition) is 2. The fourth-order valence-corrected chi connectivity index (χ4v) is 2.07. The molecule has 0 aromatic heterocycles. The Kier molecular flexibility index (Phi) is 7.28. The van der Waals surface area contributed by atoms with E-state index in [1.807, 2.05) is 6.92 Å². The first-order valence-electron chi connectivity index (χ1n) is 6.84. The number of nitrogens with two attached hydrogens (primary N) is 1. The van der Waals surface area contributed by atoms with Crippen molar-refractivity contribution in [3.63, 3.8) is 0 Å². The molecule has 0 aliphatic heterocycles. The van der Waals surface area contributed by atoms with Gasteiger partial charge in [0.05, 0.1) is 13.2 Å². The van der Waals surface area contributed by atoms with Gasteiger partial charge in [0, 0.05) is 44.5 Å². The molecule has 1 rings (SSSR count). The molecule has 0 fully saturated rings. The molecule has 0 saturated carbocycles. The summed E-state index contributed by atoms with van der Waals surface area (Å²) in [5.41, 5.74) is 6.32. The smallest absolute Gasteiger partial charge is 0.128 e. The Hall–Kier alpha value is -1.50. The zero-order valence-corrected chi connectivity index (χ0v) is 12.9. The second-order valence-electron chi connectivity index (χ2n) is 4.99. The molecule has 0 heterocycles. The Balaban J connectivity index is 2.84. The van der Waals surface area contributed by atoms with E-state index in [2.05, 4.69) is 4.90 Å². The molecule has 21 heavy (non-hydrogen) atoms. The zero-order valence-electron chi connectivity index (χ0n) is 12.9. The van der Waals surface area contributed by atoms with Gasteiger partial charge >= 0.3 is 0 Å². The first-order valence-corrected chi connectivity index (χ1v) is 6.84. The molecule has 0 aliphatic rings. The summed E-state index contributed by atoms with van der Waals surface area (Å²) >= 11 is 0. The summed E-state index contributed by atoms with van der Waals surface area (Å²) < 4.78 is 24.4. The van der Waals surface area contributed by atoms with Crippen molar-refractivity contribution in [2.75, 3.05) is 34.0 Å². The predicted molar refractivity (Wildman–Crippen MR) is 81.0 cm³/mol. The van der Waals surface area contributed by atoms with Gasteiger partial charge < -0.3 is 15.2 Å². The number of nitrogens with zero attached hydrogens (tertiary/aromatic N) is 1. The van der Waals surface area contributed by atoms with E-state index in [4.69, 9.17) is 20.6 Å². The van der Waals surface area contributed by atoms with Gasteiger partial charge in [-0.15, -0.1) is 0 Å². The highest BCUT2D eigenvalue weighted by molar-refractivity contribution is 5.94. The van der Waals surface area contributed by atoms with Crippen LogP contribution in [-0.2, 0) is 16.0 Å². The van der Waals surface area contributed by atoms with Gasteiger partial charge in [0.25, 0.3) is 0 Å². The molecule has 0 spiro atoms. The number of benzene rings is 1. The van der Waals surface area contributed by atoms with Crippen LogP contribution < -0.4 is 5.73 Å². The van der Waals surface area contributed by atoms with E-state index < -0.39 is 0 Å². The molecule has 3 N–H and O–H groups in total. The minimum atomic E-state index is -0.352. The summed E-state index contributed by atoms with van der Waals surface area (Å²) in [6, 6.07) is 4.78. The van der Waals surface area contributed by atoms with Crippen LogP contribution >= 0.6 is 0 Å². The summed E-state index contributed by atoms with van der Waals surface area (Å²) in [5, 5.41) is 7.33. The molecule has 5 nitrogen and oxygen atoms in total. The van der Waals surface area contributed by atoms with Crippen molar-refractivity contribution in [2.45, 2.75) is 19.5 Å². The van der Waals surface area contributed by atoms with Crippen LogP contribution in [0.1, 0.15) is 18.1 Å². The van der Waals surface area contributed by atoms with E-state index in [9.17, 15) is 4.39 Å². The minimum absolute atomic E-state index is 0.135. The van der Waals surface area contributed by atoms with Crippen molar-refractivity contribution in [1.82, 2.24) is 4.90 Å². The maximum absolute atomic E-state index is 14.1. The van der Waals surface area contributed by atoms with Crippen molar-refractivity contribution >= 4 is 5.84 Å². The van der Waals surface area contributed by atoms with Crippen LogP contribution in [0.4, 0.5) is 4.39 Å². The Morgan fingerprint density at radius 3 is 2.62 bits per heavy atom.